The zero-order valence-corrected chi connectivity index (χ0v) is 12.1. The third-order valence-electron chi connectivity index (χ3n) is 2.97. The fraction of sp³-hybridized carbons (Fsp3) is 0.357. The largest absolute Gasteiger partial charge is 0.496 e. The summed E-state index contributed by atoms with van der Waals surface area (Å²) in [5.74, 6) is 2.07. The topological polar surface area (TPSA) is 57.5 Å². The van der Waals surface area contributed by atoms with Crippen LogP contribution in [0.5, 0.6) is 17.2 Å². The first-order valence-corrected chi connectivity index (χ1v) is 6.19. The second kappa shape index (κ2) is 6.18. The molecule has 1 heterocycles. The van der Waals surface area contributed by atoms with E-state index in [1.54, 1.807) is 32.2 Å². The van der Waals surface area contributed by atoms with Gasteiger partial charge in [-0.3, -0.25) is 4.68 Å². The minimum atomic E-state index is 0.606. The molecule has 108 valence electrons. The highest BCUT2D eigenvalue weighted by Crippen LogP contribution is 2.34. The number of ether oxygens (including phenoxy) is 3. The predicted octanol–water partition coefficient (Wildman–Crippen LogP) is 2.06. The van der Waals surface area contributed by atoms with Crippen LogP contribution in [-0.2, 0) is 13.6 Å². The number of hydrogen-bond donors (Lipinski definition) is 1. The number of methoxy groups -OCH3 is 3. The number of rotatable bonds is 6. The van der Waals surface area contributed by atoms with Gasteiger partial charge in [-0.2, -0.15) is 5.10 Å². The first-order chi connectivity index (χ1) is 9.67. The molecule has 0 spiro atoms. The quantitative estimate of drug-likeness (QED) is 0.876. The van der Waals surface area contributed by atoms with E-state index in [2.05, 4.69) is 10.4 Å². The van der Waals surface area contributed by atoms with Crippen molar-refractivity contribution < 1.29 is 14.2 Å². The van der Waals surface area contributed by atoms with Crippen molar-refractivity contribution in [2.24, 2.45) is 7.05 Å². The molecule has 0 atom stereocenters. The number of hydrogen-bond acceptors (Lipinski definition) is 5. The van der Waals surface area contributed by atoms with Gasteiger partial charge in [-0.05, 0) is 6.07 Å². The molecule has 0 aliphatic heterocycles. The molecule has 0 saturated heterocycles. The van der Waals surface area contributed by atoms with Crippen molar-refractivity contribution in [1.82, 2.24) is 9.78 Å². The van der Waals surface area contributed by atoms with Gasteiger partial charge in [0.15, 0.2) is 11.5 Å². The van der Waals surface area contributed by atoms with Crippen LogP contribution in [0.1, 0.15) is 5.56 Å². The highest BCUT2D eigenvalue weighted by Gasteiger charge is 2.11. The van der Waals surface area contributed by atoms with Crippen molar-refractivity contribution in [3.63, 3.8) is 0 Å². The minimum absolute atomic E-state index is 0.606. The summed E-state index contributed by atoms with van der Waals surface area (Å²) in [6, 6.07) is 3.72. The molecule has 0 saturated carbocycles. The van der Waals surface area contributed by atoms with E-state index in [0.29, 0.717) is 18.0 Å². The van der Waals surface area contributed by atoms with E-state index in [1.165, 1.54) is 0 Å². The Balaban J connectivity index is 2.21. The van der Waals surface area contributed by atoms with Crippen molar-refractivity contribution in [2.75, 3.05) is 26.6 Å². The molecule has 0 unspecified atom stereocenters. The lowest BCUT2D eigenvalue weighted by molar-refractivity contribution is 0.347. The Hall–Kier alpha value is -2.37. The summed E-state index contributed by atoms with van der Waals surface area (Å²) in [6.07, 6.45) is 3.68. The summed E-state index contributed by atoms with van der Waals surface area (Å²) in [4.78, 5) is 0. The Labute approximate surface area is 118 Å². The summed E-state index contributed by atoms with van der Waals surface area (Å²) < 4.78 is 17.7. The zero-order valence-electron chi connectivity index (χ0n) is 12.1. The fourth-order valence-electron chi connectivity index (χ4n) is 1.94. The lowest BCUT2D eigenvalue weighted by atomic mass is 10.1. The van der Waals surface area contributed by atoms with Crippen LogP contribution in [0, 0.1) is 0 Å². The summed E-state index contributed by atoms with van der Waals surface area (Å²) in [6.45, 7) is 0.606. The molecule has 0 bridgehead atoms. The lowest BCUT2D eigenvalue weighted by Crippen LogP contribution is -2.03. The van der Waals surface area contributed by atoms with Crippen LogP contribution in [0.15, 0.2) is 24.5 Å². The van der Waals surface area contributed by atoms with Gasteiger partial charge in [0, 0.05) is 31.4 Å². The molecule has 1 aromatic heterocycles. The second-order valence-electron chi connectivity index (χ2n) is 4.28. The summed E-state index contributed by atoms with van der Waals surface area (Å²) in [5, 5.41) is 7.40. The molecule has 0 fully saturated rings. The van der Waals surface area contributed by atoms with Crippen LogP contribution in [-0.4, -0.2) is 31.1 Å². The fourth-order valence-corrected chi connectivity index (χ4v) is 1.94. The number of aryl methyl sites for hydroxylation is 1. The number of nitrogens with one attached hydrogen (secondary N) is 1. The Morgan fingerprint density at radius 2 is 1.70 bits per heavy atom. The van der Waals surface area contributed by atoms with E-state index in [-0.39, 0.29) is 0 Å². The molecule has 6 nitrogen and oxygen atoms in total. The van der Waals surface area contributed by atoms with Crippen molar-refractivity contribution in [1.29, 1.82) is 0 Å². The summed E-state index contributed by atoms with van der Waals surface area (Å²) in [7, 11) is 6.73. The van der Waals surface area contributed by atoms with Gasteiger partial charge in [-0.1, -0.05) is 0 Å². The molecule has 2 rings (SSSR count). The molecule has 2 aromatic rings. The van der Waals surface area contributed by atoms with Gasteiger partial charge in [-0.15, -0.1) is 0 Å². The number of anilines is 1. The van der Waals surface area contributed by atoms with Gasteiger partial charge in [0.05, 0.1) is 33.2 Å². The summed E-state index contributed by atoms with van der Waals surface area (Å²) in [5.41, 5.74) is 1.93. The van der Waals surface area contributed by atoms with Crippen LogP contribution in [0.2, 0.25) is 0 Å². The van der Waals surface area contributed by atoms with Gasteiger partial charge in [0.2, 0.25) is 0 Å². The number of benzene rings is 1. The Kier molecular flexibility index (Phi) is 4.34. The van der Waals surface area contributed by atoms with Crippen molar-refractivity contribution >= 4 is 5.69 Å². The molecule has 0 radical (unpaired) electrons. The van der Waals surface area contributed by atoms with E-state index in [1.807, 2.05) is 25.4 Å². The lowest BCUT2D eigenvalue weighted by Gasteiger charge is -2.14. The highest BCUT2D eigenvalue weighted by atomic mass is 16.5. The van der Waals surface area contributed by atoms with E-state index < -0.39 is 0 Å². The Morgan fingerprint density at radius 3 is 2.25 bits per heavy atom. The normalized spacial score (nSPS) is 10.2. The van der Waals surface area contributed by atoms with Crippen molar-refractivity contribution in [3.05, 3.63) is 30.1 Å². The average molecular weight is 277 g/mol. The number of nitrogens with zero attached hydrogens (tertiary/aromatic N) is 2. The smallest absolute Gasteiger partial charge is 0.164 e. The first kappa shape index (κ1) is 14.0. The predicted molar refractivity (Wildman–Crippen MR) is 76.6 cm³/mol. The molecule has 6 heteroatoms. The molecule has 1 aromatic carbocycles. The summed E-state index contributed by atoms with van der Waals surface area (Å²) >= 11 is 0. The molecule has 0 aliphatic rings. The van der Waals surface area contributed by atoms with Gasteiger partial charge in [0.25, 0.3) is 0 Å². The van der Waals surface area contributed by atoms with Gasteiger partial charge >= 0.3 is 0 Å². The highest BCUT2D eigenvalue weighted by molar-refractivity contribution is 5.52. The minimum Gasteiger partial charge on any atom is -0.496 e. The molecule has 0 aliphatic carbocycles. The van der Waals surface area contributed by atoms with Crippen molar-refractivity contribution in [2.45, 2.75) is 6.54 Å². The van der Waals surface area contributed by atoms with Gasteiger partial charge in [-0.25, -0.2) is 0 Å². The molecular weight excluding hydrogens is 258 g/mol. The maximum Gasteiger partial charge on any atom is 0.164 e. The molecule has 20 heavy (non-hydrogen) atoms. The average Bonchev–Trinajstić information content (AvgIpc) is 2.89. The van der Waals surface area contributed by atoms with Crippen LogP contribution < -0.4 is 19.5 Å². The van der Waals surface area contributed by atoms with Crippen LogP contribution >= 0.6 is 0 Å². The van der Waals surface area contributed by atoms with E-state index in [0.717, 1.165) is 17.0 Å². The molecule has 1 N–H and O–H groups in total. The third-order valence-corrected chi connectivity index (χ3v) is 2.97. The van der Waals surface area contributed by atoms with Gasteiger partial charge < -0.3 is 19.5 Å². The monoisotopic (exact) mass is 277 g/mol. The Morgan fingerprint density at radius 1 is 1.05 bits per heavy atom. The van der Waals surface area contributed by atoms with E-state index in [9.17, 15) is 0 Å². The zero-order chi connectivity index (χ0) is 14.5. The Bertz CT molecular complexity index is 581. The van der Waals surface area contributed by atoms with Crippen LogP contribution in [0.25, 0.3) is 0 Å². The van der Waals surface area contributed by atoms with E-state index >= 15 is 0 Å². The van der Waals surface area contributed by atoms with Crippen molar-refractivity contribution in [3.8, 4) is 17.2 Å². The molecular formula is C14H19N3O3. The third kappa shape index (κ3) is 2.96. The first-order valence-electron chi connectivity index (χ1n) is 6.19. The second-order valence-corrected chi connectivity index (χ2v) is 4.28. The maximum absolute atomic E-state index is 5.38. The number of aromatic nitrogens is 2. The maximum atomic E-state index is 5.38. The van der Waals surface area contributed by atoms with Crippen LogP contribution in [0.3, 0.4) is 0 Å². The van der Waals surface area contributed by atoms with E-state index in [4.69, 9.17) is 14.2 Å². The SMILES string of the molecule is COc1cc(OC)c(OC)cc1CNc1cnn(C)c1. The molecule has 0 amide bonds. The van der Waals surface area contributed by atoms with Crippen LogP contribution in [0.4, 0.5) is 5.69 Å². The standard InChI is InChI=1S/C14H19N3O3/c1-17-9-11(8-16-17)15-7-10-5-13(19-3)14(20-4)6-12(10)18-2/h5-6,8-9,15H,7H2,1-4H3. The van der Waals surface area contributed by atoms with Gasteiger partial charge in [0.1, 0.15) is 5.75 Å².